The van der Waals surface area contributed by atoms with Crippen molar-refractivity contribution < 1.29 is 26.7 Å². The van der Waals surface area contributed by atoms with E-state index < -0.39 is 33.1 Å². The fraction of sp³-hybridized carbons (Fsp3) is 0.188. The van der Waals surface area contributed by atoms with E-state index in [-0.39, 0.29) is 22.8 Å². The van der Waals surface area contributed by atoms with Gasteiger partial charge in [0, 0.05) is 18.0 Å². The number of pyridine rings is 1. The number of sulfone groups is 1. The van der Waals surface area contributed by atoms with Gasteiger partial charge in [-0.3, -0.25) is 10.1 Å². The Labute approximate surface area is 152 Å². The molecule has 8 nitrogen and oxygen atoms in total. The lowest BCUT2D eigenvalue weighted by atomic mass is 10.1. The Morgan fingerprint density at radius 1 is 1.26 bits per heavy atom. The number of nitrogens with zero attached hydrogens (tertiary/aromatic N) is 3. The highest BCUT2D eigenvalue weighted by Crippen LogP contribution is 2.33. The number of benzene rings is 1. The molecule has 0 saturated heterocycles. The van der Waals surface area contributed by atoms with Crippen molar-refractivity contribution in [1.82, 2.24) is 14.6 Å². The molecule has 0 radical (unpaired) electrons. The quantitative estimate of drug-likeness (QED) is 0.704. The molecule has 3 rings (SSSR count). The summed E-state index contributed by atoms with van der Waals surface area (Å²) in [5, 5.41) is 6.27. The number of anilines is 1. The summed E-state index contributed by atoms with van der Waals surface area (Å²) in [6, 6.07) is 5.24. The lowest BCUT2D eigenvalue weighted by Crippen LogP contribution is -2.22. The Kier molecular flexibility index (Phi) is 4.79. The first-order chi connectivity index (χ1) is 12.7. The van der Waals surface area contributed by atoms with Gasteiger partial charge in [-0.15, -0.1) is 5.10 Å². The minimum Gasteiger partial charge on any atom is -0.496 e. The SMILES string of the molecule is COc1ccc(F)c(F)c1-c1ccc2nc(NC(=O)CS(C)(=O)=O)nn2c1. The predicted molar refractivity (Wildman–Crippen MR) is 93.2 cm³/mol. The van der Waals surface area contributed by atoms with Crippen LogP contribution in [-0.4, -0.2) is 48.0 Å². The summed E-state index contributed by atoms with van der Waals surface area (Å²) >= 11 is 0. The molecule has 142 valence electrons. The van der Waals surface area contributed by atoms with E-state index in [4.69, 9.17) is 4.74 Å². The number of methoxy groups -OCH3 is 1. The number of aromatic nitrogens is 3. The topological polar surface area (TPSA) is 103 Å². The van der Waals surface area contributed by atoms with Crippen LogP contribution in [0.1, 0.15) is 0 Å². The third-order valence-electron chi connectivity index (χ3n) is 3.54. The van der Waals surface area contributed by atoms with Crippen LogP contribution in [0.4, 0.5) is 14.7 Å². The molecule has 0 atom stereocenters. The van der Waals surface area contributed by atoms with E-state index in [0.717, 1.165) is 12.3 Å². The highest BCUT2D eigenvalue weighted by atomic mass is 32.2. The van der Waals surface area contributed by atoms with Crippen LogP contribution in [0.5, 0.6) is 5.75 Å². The Hall–Kier alpha value is -3.08. The Bertz CT molecular complexity index is 1140. The van der Waals surface area contributed by atoms with Crippen LogP contribution in [0.15, 0.2) is 30.5 Å². The second kappa shape index (κ2) is 6.91. The third-order valence-corrected chi connectivity index (χ3v) is 4.33. The van der Waals surface area contributed by atoms with Crippen molar-refractivity contribution >= 4 is 27.3 Å². The monoisotopic (exact) mass is 396 g/mol. The van der Waals surface area contributed by atoms with Crippen molar-refractivity contribution in [2.45, 2.75) is 0 Å². The molecule has 0 bridgehead atoms. The summed E-state index contributed by atoms with van der Waals surface area (Å²) in [4.78, 5) is 15.7. The van der Waals surface area contributed by atoms with Gasteiger partial charge >= 0.3 is 0 Å². The zero-order chi connectivity index (χ0) is 19.8. The molecule has 0 fully saturated rings. The molecule has 11 heteroatoms. The van der Waals surface area contributed by atoms with E-state index in [2.05, 4.69) is 15.4 Å². The van der Waals surface area contributed by atoms with Crippen LogP contribution in [-0.2, 0) is 14.6 Å². The fourth-order valence-corrected chi connectivity index (χ4v) is 3.00. The van der Waals surface area contributed by atoms with Crippen LogP contribution in [0.25, 0.3) is 16.8 Å². The number of carbonyl (C=O) groups is 1. The largest absolute Gasteiger partial charge is 0.496 e. The van der Waals surface area contributed by atoms with Gasteiger partial charge in [0.15, 0.2) is 27.1 Å². The van der Waals surface area contributed by atoms with Crippen LogP contribution < -0.4 is 10.1 Å². The van der Waals surface area contributed by atoms with Crippen molar-refractivity contribution in [3.8, 4) is 16.9 Å². The van der Waals surface area contributed by atoms with Gasteiger partial charge in [0.05, 0.1) is 12.7 Å². The Morgan fingerprint density at radius 3 is 2.67 bits per heavy atom. The first-order valence-corrected chi connectivity index (χ1v) is 9.60. The van der Waals surface area contributed by atoms with E-state index in [1.165, 1.54) is 36.0 Å². The number of fused-ring (bicyclic) bond motifs is 1. The van der Waals surface area contributed by atoms with Gasteiger partial charge in [-0.25, -0.2) is 21.7 Å². The summed E-state index contributed by atoms with van der Waals surface area (Å²) in [5.74, 6) is -3.58. The van der Waals surface area contributed by atoms with Gasteiger partial charge in [0.1, 0.15) is 11.5 Å². The van der Waals surface area contributed by atoms with Crippen LogP contribution >= 0.6 is 0 Å². The average molecular weight is 396 g/mol. The molecule has 0 saturated carbocycles. The van der Waals surface area contributed by atoms with E-state index in [1.54, 1.807) is 0 Å². The van der Waals surface area contributed by atoms with Crippen LogP contribution in [0.3, 0.4) is 0 Å². The zero-order valence-corrected chi connectivity index (χ0v) is 15.0. The van der Waals surface area contributed by atoms with Crippen molar-refractivity contribution in [2.75, 3.05) is 24.4 Å². The van der Waals surface area contributed by atoms with Crippen molar-refractivity contribution in [1.29, 1.82) is 0 Å². The number of hydrogen-bond donors (Lipinski definition) is 1. The normalized spacial score (nSPS) is 11.6. The van der Waals surface area contributed by atoms with Gasteiger partial charge < -0.3 is 4.74 Å². The molecule has 0 aliphatic carbocycles. The number of hydrogen-bond acceptors (Lipinski definition) is 6. The fourth-order valence-electron chi connectivity index (χ4n) is 2.45. The molecule has 0 aliphatic heterocycles. The molecule has 0 unspecified atom stereocenters. The van der Waals surface area contributed by atoms with Gasteiger partial charge in [-0.1, -0.05) is 0 Å². The van der Waals surface area contributed by atoms with Crippen molar-refractivity contribution in [3.63, 3.8) is 0 Å². The molecule has 2 heterocycles. The van der Waals surface area contributed by atoms with Crippen molar-refractivity contribution in [3.05, 3.63) is 42.1 Å². The second-order valence-electron chi connectivity index (χ2n) is 5.71. The molecule has 2 aromatic heterocycles. The van der Waals surface area contributed by atoms with E-state index in [1.807, 2.05) is 0 Å². The first-order valence-electron chi connectivity index (χ1n) is 7.54. The Balaban J connectivity index is 1.98. The Morgan fingerprint density at radius 2 is 2.00 bits per heavy atom. The van der Waals surface area contributed by atoms with Gasteiger partial charge in [-0.2, -0.15) is 4.98 Å². The number of carbonyl (C=O) groups excluding carboxylic acids is 1. The summed E-state index contributed by atoms with van der Waals surface area (Å²) in [6.07, 6.45) is 2.31. The summed E-state index contributed by atoms with van der Waals surface area (Å²) in [5.41, 5.74) is 0.497. The molecule has 1 aromatic carbocycles. The van der Waals surface area contributed by atoms with Crippen LogP contribution in [0.2, 0.25) is 0 Å². The number of amides is 1. The molecule has 1 N–H and O–H groups in total. The zero-order valence-electron chi connectivity index (χ0n) is 14.2. The number of halogens is 2. The smallest absolute Gasteiger partial charge is 0.249 e. The lowest BCUT2D eigenvalue weighted by Gasteiger charge is -2.10. The molecule has 1 amide bonds. The average Bonchev–Trinajstić information content (AvgIpc) is 2.96. The van der Waals surface area contributed by atoms with Crippen LogP contribution in [0, 0.1) is 11.6 Å². The molecule has 3 aromatic rings. The number of nitrogens with one attached hydrogen (secondary N) is 1. The van der Waals surface area contributed by atoms with Crippen molar-refractivity contribution in [2.24, 2.45) is 0 Å². The predicted octanol–water partition coefficient (Wildman–Crippen LogP) is 1.67. The summed E-state index contributed by atoms with van der Waals surface area (Å²) < 4.78 is 56.5. The summed E-state index contributed by atoms with van der Waals surface area (Å²) in [6.45, 7) is 0. The minimum atomic E-state index is -3.50. The standard InChI is InChI=1S/C16H14F2N4O4S/c1-26-11-5-4-10(17)15(18)14(11)9-3-6-12-19-16(21-22(12)7-9)20-13(23)8-27(2,24)25/h3-7H,8H2,1-2H3,(H,20,21,23). The van der Waals surface area contributed by atoms with Gasteiger partial charge in [0.2, 0.25) is 11.9 Å². The lowest BCUT2D eigenvalue weighted by molar-refractivity contribution is -0.113. The maximum Gasteiger partial charge on any atom is 0.249 e. The maximum atomic E-state index is 14.3. The third kappa shape index (κ3) is 4.03. The second-order valence-corrected chi connectivity index (χ2v) is 7.85. The summed E-state index contributed by atoms with van der Waals surface area (Å²) in [7, 11) is -2.17. The molecular formula is C16H14F2N4O4S. The molecule has 27 heavy (non-hydrogen) atoms. The molecular weight excluding hydrogens is 382 g/mol. The highest BCUT2D eigenvalue weighted by molar-refractivity contribution is 7.91. The van der Waals surface area contributed by atoms with Gasteiger partial charge in [-0.05, 0) is 24.3 Å². The number of ether oxygens (including phenoxy) is 1. The number of rotatable bonds is 5. The maximum absolute atomic E-state index is 14.3. The van der Waals surface area contributed by atoms with Gasteiger partial charge in [0.25, 0.3) is 0 Å². The van der Waals surface area contributed by atoms with E-state index >= 15 is 0 Å². The molecule has 0 spiro atoms. The van der Waals surface area contributed by atoms with E-state index in [0.29, 0.717) is 5.65 Å². The highest BCUT2D eigenvalue weighted by Gasteiger charge is 2.18. The molecule has 0 aliphatic rings. The van der Waals surface area contributed by atoms with E-state index in [9.17, 15) is 22.0 Å². The minimum absolute atomic E-state index is 0.0856. The first kappa shape index (κ1) is 18.7.